The molecule has 1 fully saturated rings. The quantitative estimate of drug-likeness (QED) is 0.240. The molecule has 3 aromatic carbocycles. The SMILES string of the molecule is CCOC(=S)SC1(O)O[C@H](COCc2ccccc2)[C@H](OCc2ccccc2)[C@H]1OCc1ccccc1. The first-order chi connectivity index (χ1) is 18.1. The molecular weight excluding hydrogens is 508 g/mol. The molecule has 0 saturated carbocycles. The van der Waals surface area contributed by atoms with Crippen molar-refractivity contribution in [2.45, 2.75) is 50.2 Å². The van der Waals surface area contributed by atoms with Gasteiger partial charge in [-0.15, -0.1) is 0 Å². The Hall–Kier alpha value is -2.30. The van der Waals surface area contributed by atoms with E-state index in [2.05, 4.69) is 0 Å². The van der Waals surface area contributed by atoms with Crippen LogP contribution in [-0.4, -0.2) is 46.1 Å². The maximum atomic E-state index is 11.7. The van der Waals surface area contributed by atoms with Crippen LogP contribution in [0.5, 0.6) is 0 Å². The lowest BCUT2D eigenvalue weighted by atomic mass is 10.1. The lowest BCUT2D eigenvalue weighted by Gasteiger charge is -2.29. The number of ether oxygens (including phenoxy) is 5. The van der Waals surface area contributed by atoms with Crippen LogP contribution < -0.4 is 0 Å². The van der Waals surface area contributed by atoms with E-state index in [0.717, 1.165) is 28.5 Å². The van der Waals surface area contributed by atoms with Gasteiger partial charge >= 0.3 is 0 Å². The van der Waals surface area contributed by atoms with Crippen molar-refractivity contribution in [1.82, 2.24) is 0 Å². The van der Waals surface area contributed by atoms with Gasteiger partial charge in [0.15, 0.2) is 6.10 Å². The highest BCUT2D eigenvalue weighted by molar-refractivity contribution is 8.23. The minimum absolute atomic E-state index is 0.172. The number of rotatable bonds is 12. The molecule has 1 saturated heterocycles. The van der Waals surface area contributed by atoms with Crippen LogP contribution in [0.25, 0.3) is 0 Å². The fourth-order valence-corrected chi connectivity index (χ4v) is 5.40. The second-order valence-corrected chi connectivity index (χ2v) is 10.3. The predicted octanol–water partition coefficient (Wildman–Crippen LogP) is 5.47. The molecule has 1 unspecified atom stereocenters. The molecule has 0 spiro atoms. The summed E-state index contributed by atoms with van der Waals surface area (Å²) in [6.07, 6.45) is -2.08. The van der Waals surface area contributed by atoms with Gasteiger partial charge in [-0.3, -0.25) is 0 Å². The van der Waals surface area contributed by atoms with E-state index in [1.54, 1.807) is 0 Å². The second-order valence-electron chi connectivity index (χ2n) is 8.55. The second kappa shape index (κ2) is 14.0. The normalized spacial score (nSPS) is 23.1. The molecule has 0 bridgehead atoms. The molecular formula is C29H32O6S2. The number of hydrogen-bond acceptors (Lipinski definition) is 8. The summed E-state index contributed by atoms with van der Waals surface area (Å²) in [6, 6.07) is 29.5. The molecule has 4 atom stereocenters. The Morgan fingerprint density at radius 1 is 0.838 bits per heavy atom. The number of benzene rings is 3. The van der Waals surface area contributed by atoms with Gasteiger partial charge in [0.1, 0.15) is 12.2 Å². The molecule has 196 valence electrons. The number of aliphatic hydroxyl groups is 1. The third kappa shape index (κ3) is 8.09. The molecule has 0 radical (unpaired) electrons. The van der Waals surface area contributed by atoms with Crippen molar-refractivity contribution in [1.29, 1.82) is 0 Å². The van der Waals surface area contributed by atoms with Crippen molar-refractivity contribution in [2.24, 2.45) is 0 Å². The van der Waals surface area contributed by atoms with Crippen LogP contribution in [0.3, 0.4) is 0 Å². The summed E-state index contributed by atoms with van der Waals surface area (Å²) in [5.41, 5.74) is 3.01. The van der Waals surface area contributed by atoms with Crippen molar-refractivity contribution < 1.29 is 28.8 Å². The highest BCUT2D eigenvalue weighted by atomic mass is 32.2. The average Bonchev–Trinajstić information content (AvgIpc) is 3.17. The lowest BCUT2D eigenvalue weighted by Crippen LogP contribution is -2.44. The van der Waals surface area contributed by atoms with Gasteiger partial charge in [0.2, 0.25) is 4.38 Å². The Morgan fingerprint density at radius 2 is 1.35 bits per heavy atom. The van der Waals surface area contributed by atoms with Crippen molar-refractivity contribution >= 4 is 28.4 Å². The molecule has 4 rings (SSSR count). The van der Waals surface area contributed by atoms with Crippen LogP contribution in [0.4, 0.5) is 0 Å². The predicted molar refractivity (Wildman–Crippen MR) is 148 cm³/mol. The van der Waals surface area contributed by atoms with Crippen LogP contribution in [0, 0.1) is 0 Å². The molecule has 37 heavy (non-hydrogen) atoms. The number of hydrogen-bond donors (Lipinski definition) is 1. The topological polar surface area (TPSA) is 66.4 Å². The molecule has 1 aliphatic rings. The Labute approximate surface area is 227 Å². The van der Waals surface area contributed by atoms with Crippen molar-refractivity contribution in [2.75, 3.05) is 13.2 Å². The van der Waals surface area contributed by atoms with E-state index < -0.39 is 23.4 Å². The smallest absolute Gasteiger partial charge is 0.254 e. The van der Waals surface area contributed by atoms with E-state index in [0.29, 0.717) is 19.8 Å². The van der Waals surface area contributed by atoms with Crippen molar-refractivity contribution in [3.05, 3.63) is 108 Å². The van der Waals surface area contributed by atoms with E-state index in [9.17, 15) is 5.11 Å². The van der Waals surface area contributed by atoms with Gasteiger partial charge in [-0.1, -0.05) is 91.0 Å². The summed E-state index contributed by atoms with van der Waals surface area (Å²) in [4.78, 5) is 0. The van der Waals surface area contributed by atoms with Gasteiger partial charge < -0.3 is 28.8 Å². The van der Waals surface area contributed by atoms with Gasteiger partial charge in [-0.05, 0) is 47.6 Å². The summed E-state index contributed by atoms with van der Waals surface area (Å²) in [5, 5.41) is 9.88. The highest BCUT2D eigenvalue weighted by Gasteiger charge is 2.57. The molecule has 0 aliphatic carbocycles. The molecule has 8 heteroatoms. The molecule has 1 aliphatic heterocycles. The average molecular weight is 541 g/mol. The zero-order valence-electron chi connectivity index (χ0n) is 20.7. The van der Waals surface area contributed by atoms with E-state index in [-0.39, 0.29) is 17.6 Å². The van der Waals surface area contributed by atoms with E-state index in [4.69, 9.17) is 35.9 Å². The number of thiocarbonyl (C=S) groups is 1. The Morgan fingerprint density at radius 3 is 1.89 bits per heavy atom. The van der Waals surface area contributed by atoms with E-state index in [1.807, 2.05) is 97.9 Å². The zero-order chi connectivity index (χ0) is 25.9. The molecule has 3 aromatic rings. The molecule has 0 aromatic heterocycles. The molecule has 1 heterocycles. The van der Waals surface area contributed by atoms with Crippen LogP contribution in [0.2, 0.25) is 0 Å². The van der Waals surface area contributed by atoms with Crippen LogP contribution in [-0.2, 0) is 43.5 Å². The first kappa shape index (κ1) is 27.7. The van der Waals surface area contributed by atoms with Crippen molar-refractivity contribution in [3.8, 4) is 0 Å². The third-order valence-corrected chi connectivity index (χ3v) is 7.06. The lowest BCUT2D eigenvalue weighted by molar-refractivity contribution is -0.179. The summed E-state index contributed by atoms with van der Waals surface area (Å²) in [6.45, 7) is 3.42. The Bertz CT molecular complexity index is 1090. The van der Waals surface area contributed by atoms with Gasteiger partial charge in [0, 0.05) is 0 Å². The maximum Gasteiger partial charge on any atom is 0.254 e. The van der Waals surface area contributed by atoms with Gasteiger partial charge in [0.25, 0.3) is 5.12 Å². The number of thioether (sulfide) groups is 1. The van der Waals surface area contributed by atoms with E-state index in [1.165, 1.54) is 0 Å². The highest BCUT2D eigenvalue weighted by Crippen LogP contribution is 2.43. The summed E-state index contributed by atoms with van der Waals surface area (Å²) < 4.78 is 30.4. The minimum atomic E-state index is -1.82. The van der Waals surface area contributed by atoms with Crippen molar-refractivity contribution in [3.63, 3.8) is 0 Å². The van der Waals surface area contributed by atoms with Gasteiger partial charge in [0.05, 0.1) is 33.0 Å². The summed E-state index contributed by atoms with van der Waals surface area (Å²) in [5.74, 6) is 0. The monoisotopic (exact) mass is 540 g/mol. The first-order valence-corrected chi connectivity index (χ1v) is 13.5. The molecule has 1 N–H and O–H groups in total. The fraction of sp³-hybridized carbons (Fsp3) is 0.345. The molecule has 6 nitrogen and oxygen atoms in total. The zero-order valence-corrected chi connectivity index (χ0v) is 22.4. The molecule has 0 amide bonds. The van der Waals surface area contributed by atoms with Crippen LogP contribution in [0.15, 0.2) is 91.0 Å². The van der Waals surface area contributed by atoms with E-state index >= 15 is 0 Å². The van der Waals surface area contributed by atoms with Gasteiger partial charge in [-0.2, -0.15) is 0 Å². The fourth-order valence-electron chi connectivity index (χ4n) is 4.02. The van der Waals surface area contributed by atoms with Gasteiger partial charge in [-0.25, -0.2) is 0 Å². The largest absolute Gasteiger partial charge is 0.479 e. The van der Waals surface area contributed by atoms with Crippen LogP contribution >= 0.6 is 24.0 Å². The third-order valence-electron chi connectivity index (χ3n) is 5.79. The maximum absolute atomic E-state index is 11.7. The summed E-state index contributed by atoms with van der Waals surface area (Å²) in [7, 11) is 0. The van der Waals surface area contributed by atoms with Crippen LogP contribution in [0.1, 0.15) is 23.6 Å². The standard InChI is InChI=1S/C29H32O6S2/c1-2-32-28(36)37-29(30)27(34-20-24-16-10-5-11-17-24)26(33-19-23-14-8-4-9-15-23)25(35-29)21-31-18-22-12-6-3-7-13-22/h3-17,25-27,30H,2,18-21H2,1H3/t25-,26+,27-,29?/m1/s1. The Kier molecular flexibility index (Phi) is 10.5. The minimum Gasteiger partial charge on any atom is -0.479 e. The first-order valence-electron chi connectivity index (χ1n) is 12.3. The summed E-state index contributed by atoms with van der Waals surface area (Å²) >= 11 is 6.25. The Balaban J connectivity index is 1.54.